The van der Waals surface area contributed by atoms with Crippen LogP contribution in [0.5, 0.6) is 0 Å². The first-order chi connectivity index (χ1) is 8.86. The van der Waals surface area contributed by atoms with Crippen molar-refractivity contribution in [1.29, 1.82) is 0 Å². The summed E-state index contributed by atoms with van der Waals surface area (Å²) in [7, 11) is 0. The summed E-state index contributed by atoms with van der Waals surface area (Å²) in [6.07, 6.45) is 6.06. The summed E-state index contributed by atoms with van der Waals surface area (Å²) in [5.74, 6) is 1.57. The van der Waals surface area contributed by atoms with Crippen LogP contribution in [0.2, 0.25) is 0 Å². The zero-order valence-electron chi connectivity index (χ0n) is 10.9. The molecule has 0 bridgehead atoms. The highest BCUT2D eigenvalue weighted by Gasteiger charge is 2.35. The molecule has 1 saturated heterocycles. The summed E-state index contributed by atoms with van der Waals surface area (Å²) in [6.45, 7) is 3.52. The Labute approximate surface area is 108 Å². The summed E-state index contributed by atoms with van der Waals surface area (Å²) in [5, 5.41) is 5.29. The number of benzene rings is 1. The highest BCUT2D eigenvalue weighted by atomic mass is 14.9. The Morgan fingerprint density at radius 2 is 2.28 bits per heavy atom. The second-order valence-electron chi connectivity index (χ2n) is 5.92. The lowest BCUT2D eigenvalue weighted by atomic mass is 9.73. The van der Waals surface area contributed by atoms with Crippen LogP contribution in [-0.4, -0.2) is 17.6 Å². The van der Waals surface area contributed by atoms with Crippen LogP contribution in [0, 0.1) is 5.92 Å². The number of aromatic nitrogens is 1. The van der Waals surface area contributed by atoms with Crippen molar-refractivity contribution in [3.63, 3.8) is 0 Å². The van der Waals surface area contributed by atoms with Gasteiger partial charge in [-0.05, 0) is 42.5 Å². The van der Waals surface area contributed by atoms with Crippen LogP contribution < -0.4 is 5.32 Å². The van der Waals surface area contributed by atoms with Gasteiger partial charge < -0.3 is 10.3 Å². The van der Waals surface area contributed by atoms with E-state index in [0.717, 1.165) is 11.8 Å². The minimum atomic E-state index is 0.654. The molecule has 1 aromatic carbocycles. The molecule has 4 rings (SSSR count). The van der Waals surface area contributed by atoms with Gasteiger partial charge in [0.15, 0.2) is 0 Å². The average molecular weight is 240 g/mol. The topological polar surface area (TPSA) is 27.8 Å². The van der Waals surface area contributed by atoms with E-state index in [1.165, 1.54) is 42.3 Å². The molecule has 1 aliphatic heterocycles. The van der Waals surface area contributed by atoms with Crippen molar-refractivity contribution in [3.8, 4) is 0 Å². The van der Waals surface area contributed by atoms with Gasteiger partial charge in [-0.3, -0.25) is 0 Å². The summed E-state index contributed by atoms with van der Waals surface area (Å²) in [6, 6.07) is 7.41. The molecule has 2 aliphatic rings. The maximum atomic E-state index is 3.78. The molecular weight excluding hydrogens is 220 g/mol. The third-order valence-corrected chi connectivity index (χ3v) is 4.98. The van der Waals surface area contributed by atoms with E-state index in [2.05, 4.69) is 41.6 Å². The highest BCUT2D eigenvalue weighted by molar-refractivity contribution is 5.88. The number of nitrogens with one attached hydrogen (secondary N) is 2. The number of piperidine rings is 1. The zero-order chi connectivity index (χ0) is 12.1. The van der Waals surface area contributed by atoms with Crippen molar-refractivity contribution in [1.82, 2.24) is 10.3 Å². The van der Waals surface area contributed by atoms with Gasteiger partial charge in [0, 0.05) is 29.1 Å². The normalized spacial score (nSPS) is 30.4. The van der Waals surface area contributed by atoms with Crippen LogP contribution in [0.1, 0.15) is 36.8 Å². The molecule has 2 N–H and O–H groups in total. The Morgan fingerprint density at radius 1 is 1.33 bits per heavy atom. The minimum absolute atomic E-state index is 0.654. The van der Waals surface area contributed by atoms with Crippen molar-refractivity contribution in [3.05, 3.63) is 35.5 Å². The number of rotatable bonds is 1. The predicted molar refractivity (Wildman–Crippen MR) is 74.9 cm³/mol. The predicted octanol–water partition coefficient (Wildman–Crippen LogP) is 3.20. The quantitative estimate of drug-likeness (QED) is 0.787. The largest absolute Gasteiger partial charge is 0.361 e. The number of hydrogen-bond donors (Lipinski definition) is 2. The van der Waals surface area contributed by atoms with E-state index < -0.39 is 0 Å². The molecule has 0 radical (unpaired) electrons. The summed E-state index contributed by atoms with van der Waals surface area (Å²) < 4.78 is 0. The summed E-state index contributed by atoms with van der Waals surface area (Å²) in [5.41, 5.74) is 4.40. The van der Waals surface area contributed by atoms with E-state index in [4.69, 9.17) is 0 Å². The van der Waals surface area contributed by atoms with E-state index in [1.807, 2.05) is 0 Å². The van der Waals surface area contributed by atoms with Crippen molar-refractivity contribution < 1.29 is 0 Å². The second-order valence-corrected chi connectivity index (χ2v) is 5.92. The van der Waals surface area contributed by atoms with Gasteiger partial charge in [-0.25, -0.2) is 0 Å². The monoisotopic (exact) mass is 240 g/mol. The Kier molecular flexibility index (Phi) is 2.28. The van der Waals surface area contributed by atoms with Gasteiger partial charge >= 0.3 is 0 Å². The number of aromatic amines is 1. The van der Waals surface area contributed by atoms with Crippen molar-refractivity contribution in [2.45, 2.75) is 38.1 Å². The van der Waals surface area contributed by atoms with E-state index >= 15 is 0 Å². The first kappa shape index (κ1) is 10.6. The molecule has 2 heteroatoms. The minimum Gasteiger partial charge on any atom is -0.361 e. The van der Waals surface area contributed by atoms with E-state index in [0.29, 0.717) is 6.04 Å². The molecule has 1 aliphatic carbocycles. The Morgan fingerprint density at radius 3 is 3.17 bits per heavy atom. The molecular formula is C16H20N2. The van der Waals surface area contributed by atoms with Crippen LogP contribution in [0.4, 0.5) is 0 Å². The van der Waals surface area contributed by atoms with E-state index in [9.17, 15) is 0 Å². The average Bonchev–Trinajstić information content (AvgIpc) is 2.83. The molecule has 1 aromatic heterocycles. The molecule has 0 unspecified atom stereocenters. The van der Waals surface area contributed by atoms with E-state index in [1.54, 1.807) is 5.56 Å². The van der Waals surface area contributed by atoms with E-state index in [-0.39, 0.29) is 0 Å². The third-order valence-electron chi connectivity index (χ3n) is 4.98. The van der Waals surface area contributed by atoms with Crippen LogP contribution in [0.25, 0.3) is 10.9 Å². The third kappa shape index (κ3) is 1.39. The molecule has 18 heavy (non-hydrogen) atoms. The lowest BCUT2D eigenvalue weighted by Gasteiger charge is -2.40. The smallest absolute Gasteiger partial charge is 0.0459 e. The first-order valence-electron chi connectivity index (χ1n) is 7.19. The van der Waals surface area contributed by atoms with Gasteiger partial charge in [-0.1, -0.05) is 25.5 Å². The summed E-state index contributed by atoms with van der Waals surface area (Å²) >= 11 is 0. The maximum absolute atomic E-state index is 3.78. The second kappa shape index (κ2) is 3.86. The van der Waals surface area contributed by atoms with Gasteiger partial charge in [-0.2, -0.15) is 0 Å². The molecule has 0 amide bonds. The fourth-order valence-corrected chi connectivity index (χ4v) is 3.93. The molecule has 3 atom stereocenters. The zero-order valence-corrected chi connectivity index (χ0v) is 10.9. The molecule has 0 spiro atoms. The lowest BCUT2D eigenvalue weighted by molar-refractivity contribution is 0.263. The van der Waals surface area contributed by atoms with Gasteiger partial charge in [0.25, 0.3) is 0 Å². The maximum Gasteiger partial charge on any atom is 0.0459 e. The molecule has 2 aromatic rings. The molecule has 1 fully saturated rings. The van der Waals surface area contributed by atoms with Crippen molar-refractivity contribution in [2.75, 3.05) is 6.54 Å². The van der Waals surface area contributed by atoms with Crippen LogP contribution >= 0.6 is 0 Å². The Hall–Kier alpha value is -1.28. The molecule has 94 valence electrons. The van der Waals surface area contributed by atoms with Crippen LogP contribution in [0.3, 0.4) is 0 Å². The SMILES string of the molecule is CC[C@H]1CN[C@@H]2Cc3c[nH]c4cccc(c34)[C@H]2C1. The highest BCUT2D eigenvalue weighted by Crippen LogP contribution is 2.42. The van der Waals surface area contributed by atoms with Gasteiger partial charge in [0.2, 0.25) is 0 Å². The number of fused-ring (bicyclic) bond motifs is 2. The van der Waals surface area contributed by atoms with Gasteiger partial charge in [0.05, 0.1) is 0 Å². The van der Waals surface area contributed by atoms with Gasteiger partial charge in [-0.15, -0.1) is 0 Å². The van der Waals surface area contributed by atoms with Crippen molar-refractivity contribution in [2.24, 2.45) is 5.92 Å². The molecule has 0 saturated carbocycles. The fourth-order valence-electron chi connectivity index (χ4n) is 3.93. The summed E-state index contributed by atoms with van der Waals surface area (Å²) in [4.78, 5) is 3.43. The fraction of sp³-hybridized carbons (Fsp3) is 0.500. The van der Waals surface area contributed by atoms with Crippen molar-refractivity contribution >= 4 is 10.9 Å². The standard InChI is InChI=1S/C16H20N2/c1-2-10-6-13-12-4-3-5-14-16(12)11(9-18-14)7-15(13)17-8-10/h3-5,9-10,13,15,17-18H,2,6-8H2,1H3/t10-,13-,15-/m1/s1. The van der Waals surface area contributed by atoms with Crippen LogP contribution in [0.15, 0.2) is 24.4 Å². The number of hydrogen-bond acceptors (Lipinski definition) is 1. The Bertz CT molecular complexity index is 584. The first-order valence-corrected chi connectivity index (χ1v) is 7.19. The lowest BCUT2D eigenvalue weighted by Crippen LogP contribution is -2.46. The molecule has 2 heterocycles. The van der Waals surface area contributed by atoms with Crippen LogP contribution in [-0.2, 0) is 6.42 Å². The molecule has 2 nitrogen and oxygen atoms in total. The number of H-pyrrole nitrogens is 1. The Balaban J connectivity index is 1.85. The van der Waals surface area contributed by atoms with Gasteiger partial charge in [0.1, 0.15) is 0 Å².